The lowest BCUT2D eigenvalue weighted by molar-refractivity contribution is 0.0209. The molecule has 2 aromatic rings. The average molecular weight is 287 g/mol. The van der Waals surface area contributed by atoms with E-state index in [-0.39, 0.29) is 6.10 Å². The number of tetrazole rings is 1. The van der Waals surface area contributed by atoms with E-state index in [9.17, 15) is 0 Å². The van der Waals surface area contributed by atoms with Crippen LogP contribution in [-0.2, 0) is 4.74 Å². The maximum absolute atomic E-state index is 5.83. The molecular formula is C15H21N5O. The Morgan fingerprint density at radius 2 is 2.14 bits per heavy atom. The van der Waals surface area contributed by atoms with Crippen LogP contribution in [0.5, 0.6) is 0 Å². The zero-order chi connectivity index (χ0) is 14.5. The fourth-order valence-electron chi connectivity index (χ4n) is 2.67. The summed E-state index contributed by atoms with van der Waals surface area (Å²) in [5, 5.41) is 12.2. The van der Waals surface area contributed by atoms with Gasteiger partial charge >= 0.3 is 0 Å². The highest BCUT2D eigenvalue weighted by atomic mass is 16.5. The lowest BCUT2D eigenvalue weighted by Crippen LogP contribution is -2.37. The Labute approximate surface area is 124 Å². The van der Waals surface area contributed by atoms with Crippen LogP contribution in [0.25, 0.3) is 5.69 Å². The van der Waals surface area contributed by atoms with Gasteiger partial charge in [-0.1, -0.05) is 23.3 Å². The number of likely N-dealkylation sites (N-methyl/N-ethyl adjacent to an activating group) is 1. The van der Waals surface area contributed by atoms with Gasteiger partial charge in [0.1, 0.15) is 0 Å². The first-order valence-corrected chi connectivity index (χ1v) is 7.59. The van der Waals surface area contributed by atoms with Crippen LogP contribution in [0.15, 0.2) is 30.3 Å². The largest absolute Gasteiger partial charge is 0.376 e. The van der Waals surface area contributed by atoms with Crippen molar-refractivity contribution in [1.29, 1.82) is 0 Å². The second kappa shape index (κ2) is 6.67. The molecule has 0 spiro atoms. The highest BCUT2D eigenvalue weighted by Crippen LogP contribution is 2.19. The molecule has 1 aromatic heterocycles. The van der Waals surface area contributed by atoms with E-state index in [4.69, 9.17) is 4.74 Å². The minimum absolute atomic E-state index is 0.277. The van der Waals surface area contributed by atoms with Crippen molar-refractivity contribution in [2.75, 3.05) is 24.6 Å². The molecule has 1 atom stereocenters. The van der Waals surface area contributed by atoms with Crippen molar-refractivity contribution in [2.45, 2.75) is 32.3 Å². The van der Waals surface area contributed by atoms with Crippen LogP contribution in [0.2, 0.25) is 0 Å². The number of ether oxygens (including phenoxy) is 1. The van der Waals surface area contributed by atoms with E-state index in [0.29, 0.717) is 0 Å². The summed E-state index contributed by atoms with van der Waals surface area (Å²) in [6.45, 7) is 4.68. The zero-order valence-corrected chi connectivity index (χ0v) is 12.4. The quantitative estimate of drug-likeness (QED) is 0.842. The minimum Gasteiger partial charge on any atom is -0.376 e. The summed E-state index contributed by atoms with van der Waals surface area (Å²) >= 11 is 0. The minimum atomic E-state index is 0.277. The van der Waals surface area contributed by atoms with Crippen LogP contribution in [0.4, 0.5) is 5.95 Å². The molecule has 1 aliphatic rings. The molecule has 0 bridgehead atoms. The van der Waals surface area contributed by atoms with Crippen molar-refractivity contribution in [3.05, 3.63) is 30.3 Å². The molecule has 1 fully saturated rings. The Morgan fingerprint density at radius 3 is 2.86 bits per heavy atom. The maximum Gasteiger partial charge on any atom is 0.250 e. The molecule has 3 rings (SSSR count). The highest BCUT2D eigenvalue weighted by molar-refractivity contribution is 5.40. The summed E-state index contributed by atoms with van der Waals surface area (Å²) in [5.74, 6) is 0.776. The molecule has 0 aliphatic carbocycles. The summed E-state index contributed by atoms with van der Waals surface area (Å²) in [6, 6.07) is 9.97. The number of benzene rings is 1. The Balaban J connectivity index is 1.79. The Hall–Kier alpha value is -1.95. The first kappa shape index (κ1) is 14.0. The van der Waals surface area contributed by atoms with Crippen molar-refractivity contribution in [1.82, 2.24) is 20.2 Å². The molecule has 0 radical (unpaired) electrons. The number of aromatic nitrogens is 4. The number of hydrogen-bond donors (Lipinski definition) is 0. The van der Waals surface area contributed by atoms with Crippen molar-refractivity contribution < 1.29 is 4.74 Å². The van der Waals surface area contributed by atoms with Crippen molar-refractivity contribution in [2.24, 2.45) is 0 Å². The monoisotopic (exact) mass is 287 g/mol. The van der Waals surface area contributed by atoms with Crippen LogP contribution in [0.1, 0.15) is 26.2 Å². The van der Waals surface area contributed by atoms with E-state index in [0.717, 1.165) is 37.8 Å². The predicted octanol–water partition coefficient (Wildman–Crippen LogP) is 2.06. The van der Waals surface area contributed by atoms with Gasteiger partial charge in [-0.2, -0.15) is 4.68 Å². The predicted molar refractivity (Wildman–Crippen MR) is 80.6 cm³/mol. The third kappa shape index (κ3) is 3.21. The Morgan fingerprint density at radius 1 is 1.29 bits per heavy atom. The molecule has 2 heterocycles. The van der Waals surface area contributed by atoms with Crippen molar-refractivity contribution in [3.8, 4) is 5.69 Å². The number of para-hydroxylation sites is 1. The van der Waals surface area contributed by atoms with Gasteiger partial charge in [-0.25, -0.2) is 0 Å². The number of nitrogens with zero attached hydrogens (tertiary/aromatic N) is 5. The van der Waals surface area contributed by atoms with Crippen LogP contribution >= 0.6 is 0 Å². The molecule has 6 nitrogen and oxygen atoms in total. The standard InChI is InChI=1S/C15H21N5O/c1-2-19(12-14-10-6-7-11-21-14)15-16-17-18-20(15)13-8-4-3-5-9-13/h3-5,8-9,14H,2,6-7,10-12H2,1H3. The van der Waals surface area contributed by atoms with Gasteiger partial charge in [0.2, 0.25) is 5.95 Å². The van der Waals surface area contributed by atoms with Gasteiger partial charge in [-0.15, -0.1) is 0 Å². The smallest absolute Gasteiger partial charge is 0.250 e. The van der Waals surface area contributed by atoms with Gasteiger partial charge in [0.05, 0.1) is 11.8 Å². The summed E-state index contributed by atoms with van der Waals surface area (Å²) in [7, 11) is 0. The van der Waals surface area contributed by atoms with Crippen molar-refractivity contribution >= 4 is 5.95 Å². The highest BCUT2D eigenvalue weighted by Gasteiger charge is 2.21. The fraction of sp³-hybridized carbons (Fsp3) is 0.533. The molecule has 1 saturated heterocycles. The summed E-state index contributed by atoms with van der Waals surface area (Å²) in [4.78, 5) is 2.18. The molecule has 6 heteroatoms. The fourth-order valence-corrected chi connectivity index (χ4v) is 2.67. The molecule has 112 valence electrons. The lowest BCUT2D eigenvalue weighted by atomic mass is 10.1. The molecule has 1 aliphatic heterocycles. The Bertz CT molecular complexity index is 550. The molecule has 0 N–H and O–H groups in total. The number of rotatable bonds is 5. The van der Waals surface area contributed by atoms with Gasteiger partial charge in [-0.05, 0) is 48.7 Å². The van der Waals surface area contributed by atoms with E-state index in [1.54, 1.807) is 4.68 Å². The third-order valence-electron chi connectivity index (χ3n) is 3.82. The normalized spacial score (nSPS) is 18.6. The van der Waals surface area contributed by atoms with Gasteiger partial charge < -0.3 is 9.64 Å². The third-order valence-corrected chi connectivity index (χ3v) is 3.82. The molecular weight excluding hydrogens is 266 g/mol. The van der Waals surface area contributed by atoms with Gasteiger partial charge in [0.25, 0.3) is 0 Å². The topological polar surface area (TPSA) is 56.1 Å². The van der Waals surface area contributed by atoms with E-state index in [1.807, 2.05) is 30.3 Å². The number of anilines is 1. The van der Waals surface area contributed by atoms with E-state index >= 15 is 0 Å². The van der Waals surface area contributed by atoms with E-state index in [1.165, 1.54) is 12.8 Å². The molecule has 1 aromatic carbocycles. The number of hydrogen-bond acceptors (Lipinski definition) is 5. The van der Waals surface area contributed by atoms with Crippen LogP contribution in [-0.4, -0.2) is 46.0 Å². The second-order valence-electron chi connectivity index (χ2n) is 5.25. The maximum atomic E-state index is 5.83. The molecule has 1 unspecified atom stereocenters. The van der Waals surface area contributed by atoms with Gasteiger partial charge in [0, 0.05) is 19.7 Å². The first-order chi connectivity index (χ1) is 10.4. The summed E-state index contributed by atoms with van der Waals surface area (Å²) in [5.41, 5.74) is 0.973. The molecule has 0 saturated carbocycles. The van der Waals surface area contributed by atoms with Gasteiger partial charge in [-0.3, -0.25) is 0 Å². The average Bonchev–Trinajstić information content (AvgIpc) is 3.04. The summed E-state index contributed by atoms with van der Waals surface area (Å²) < 4.78 is 7.62. The van der Waals surface area contributed by atoms with E-state index in [2.05, 4.69) is 27.3 Å². The SMILES string of the molecule is CCN(CC1CCCCO1)c1nnnn1-c1ccccc1. The van der Waals surface area contributed by atoms with Crippen LogP contribution < -0.4 is 4.90 Å². The van der Waals surface area contributed by atoms with Crippen LogP contribution in [0, 0.1) is 0 Å². The Kier molecular flexibility index (Phi) is 4.45. The van der Waals surface area contributed by atoms with E-state index < -0.39 is 0 Å². The zero-order valence-electron chi connectivity index (χ0n) is 12.4. The lowest BCUT2D eigenvalue weighted by Gasteiger charge is -2.29. The van der Waals surface area contributed by atoms with Crippen LogP contribution in [0.3, 0.4) is 0 Å². The second-order valence-corrected chi connectivity index (χ2v) is 5.25. The molecule has 21 heavy (non-hydrogen) atoms. The first-order valence-electron chi connectivity index (χ1n) is 7.59. The molecule has 0 amide bonds. The van der Waals surface area contributed by atoms with Crippen molar-refractivity contribution in [3.63, 3.8) is 0 Å². The van der Waals surface area contributed by atoms with Gasteiger partial charge in [0.15, 0.2) is 0 Å². The summed E-state index contributed by atoms with van der Waals surface area (Å²) in [6.07, 6.45) is 3.80.